The first kappa shape index (κ1) is 17.5. The molecule has 1 fully saturated rings. The summed E-state index contributed by atoms with van der Waals surface area (Å²) in [6, 6.07) is 31.1. The average Bonchev–Trinajstić information content (AvgIpc) is 2.74. The summed E-state index contributed by atoms with van der Waals surface area (Å²) in [6.45, 7) is 2.11. The zero-order valence-corrected chi connectivity index (χ0v) is 15.4. The molecule has 2 N–H and O–H groups in total. The van der Waals surface area contributed by atoms with E-state index in [1.54, 1.807) is 0 Å². The predicted octanol–water partition coefficient (Wildman–Crippen LogP) is 3.85. The van der Waals surface area contributed by atoms with E-state index in [0.717, 1.165) is 23.1 Å². The van der Waals surface area contributed by atoms with Crippen LogP contribution < -0.4 is 10.6 Å². The Labute approximate surface area is 160 Å². The van der Waals surface area contributed by atoms with Crippen LogP contribution in [0.1, 0.15) is 30.0 Å². The number of rotatable bonds is 6. The van der Waals surface area contributed by atoms with Gasteiger partial charge in [-0.1, -0.05) is 97.9 Å². The van der Waals surface area contributed by atoms with Gasteiger partial charge in [-0.3, -0.25) is 10.1 Å². The lowest BCUT2D eigenvalue weighted by Crippen LogP contribution is -2.71. The Morgan fingerprint density at radius 1 is 0.778 bits per heavy atom. The third-order valence-corrected chi connectivity index (χ3v) is 5.44. The number of nitrogens with one attached hydrogen (secondary N) is 2. The van der Waals surface area contributed by atoms with Gasteiger partial charge < -0.3 is 5.32 Å². The van der Waals surface area contributed by atoms with Gasteiger partial charge in [0.15, 0.2) is 0 Å². The van der Waals surface area contributed by atoms with Crippen LogP contribution in [0.4, 0.5) is 0 Å². The molecular weight excluding hydrogens is 332 g/mol. The molecule has 0 unspecified atom stereocenters. The van der Waals surface area contributed by atoms with E-state index in [9.17, 15) is 4.79 Å². The Balaban J connectivity index is 1.93. The molecule has 1 saturated heterocycles. The van der Waals surface area contributed by atoms with Crippen molar-refractivity contribution < 1.29 is 4.79 Å². The SMILES string of the molecule is CC[C@@H]1NC(=O)[C@H]1NC(c1ccccc1)(c1ccccc1)c1ccccc1. The Hall–Kier alpha value is -2.91. The highest BCUT2D eigenvalue weighted by Crippen LogP contribution is 2.38. The second-order valence-electron chi connectivity index (χ2n) is 6.99. The van der Waals surface area contributed by atoms with Crippen molar-refractivity contribution in [3.05, 3.63) is 108 Å². The molecular formula is C24H24N2O. The van der Waals surface area contributed by atoms with Crippen LogP contribution in [-0.2, 0) is 10.3 Å². The molecule has 1 amide bonds. The summed E-state index contributed by atoms with van der Waals surface area (Å²) in [5, 5.41) is 6.77. The first-order valence-corrected chi connectivity index (χ1v) is 9.50. The highest BCUT2D eigenvalue weighted by molar-refractivity contribution is 5.89. The molecule has 2 atom stereocenters. The molecule has 0 bridgehead atoms. The maximum atomic E-state index is 12.4. The Kier molecular flexibility index (Phi) is 4.78. The van der Waals surface area contributed by atoms with Crippen LogP contribution in [0.25, 0.3) is 0 Å². The summed E-state index contributed by atoms with van der Waals surface area (Å²) < 4.78 is 0. The second kappa shape index (κ2) is 7.37. The van der Waals surface area contributed by atoms with Gasteiger partial charge in [0.2, 0.25) is 5.91 Å². The lowest BCUT2D eigenvalue weighted by Gasteiger charge is -2.45. The van der Waals surface area contributed by atoms with Crippen molar-refractivity contribution in [3.63, 3.8) is 0 Å². The standard InChI is InChI=1S/C24H24N2O/c1-2-21-22(23(27)25-21)26-24(18-12-6-3-7-13-18,19-14-8-4-9-15-19)20-16-10-5-11-17-20/h3-17,21-22,26H,2H2,1H3,(H,25,27)/t21-,22-/m0/s1. The zero-order chi connectivity index (χ0) is 18.7. The molecule has 0 spiro atoms. The molecule has 0 radical (unpaired) electrons. The van der Waals surface area contributed by atoms with Crippen LogP contribution in [0.2, 0.25) is 0 Å². The van der Waals surface area contributed by atoms with Crippen LogP contribution in [0, 0.1) is 0 Å². The fourth-order valence-corrected chi connectivity index (χ4v) is 3.99. The van der Waals surface area contributed by atoms with E-state index in [-0.39, 0.29) is 18.0 Å². The fourth-order valence-electron chi connectivity index (χ4n) is 3.99. The van der Waals surface area contributed by atoms with Crippen LogP contribution in [0.5, 0.6) is 0 Å². The summed E-state index contributed by atoms with van der Waals surface area (Å²) in [6.07, 6.45) is 0.901. The monoisotopic (exact) mass is 356 g/mol. The van der Waals surface area contributed by atoms with E-state index in [1.807, 2.05) is 18.2 Å². The number of benzene rings is 3. The molecule has 3 heteroatoms. The van der Waals surface area contributed by atoms with Crippen molar-refractivity contribution in [2.75, 3.05) is 0 Å². The molecule has 3 aromatic carbocycles. The highest BCUT2D eigenvalue weighted by atomic mass is 16.2. The molecule has 1 aliphatic rings. The van der Waals surface area contributed by atoms with E-state index in [2.05, 4.69) is 90.4 Å². The number of hydrogen-bond acceptors (Lipinski definition) is 2. The zero-order valence-electron chi connectivity index (χ0n) is 15.4. The predicted molar refractivity (Wildman–Crippen MR) is 108 cm³/mol. The summed E-state index contributed by atoms with van der Waals surface area (Å²) in [4.78, 5) is 12.4. The third kappa shape index (κ3) is 3.04. The molecule has 136 valence electrons. The van der Waals surface area contributed by atoms with Crippen molar-refractivity contribution in [1.29, 1.82) is 0 Å². The fraction of sp³-hybridized carbons (Fsp3) is 0.208. The lowest BCUT2D eigenvalue weighted by molar-refractivity contribution is -0.132. The molecule has 27 heavy (non-hydrogen) atoms. The maximum Gasteiger partial charge on any atom is 0.239 e. The van der Waals surface area contributed by atoms with Gasteiger partial charge in [0, 0.05) is 0 Å². The van der Waals surface area contributed by atoms with E-state index in [4.69, 9.17) is 0 Å². The summed E-state index contributed by atoms with van der Waals surface area (Å²) in [5.41, 5.74) is 2.77. The molecule has 3 nitrogen and oxygen atoms in total. The van der Waals surface area contributed by atoms with Gasteiger partial charge in [0.05, 0.1) is 11.6 Å². The van der Waals surface area contributed by atoms with Gasteiger partial charge in [-0.05, 0) is 23.1 Å². The molecule has 3 aromatic rings. The molecule has 4 rings (SSSR count). The van der Waals surface area contributed by atoms with E-state index >= 15 is 0 Å². The molecule has 0 aromatic heterocycles. The number of carbonyl (C=O) groups is 1. The summed E-state index contributed by atoms with van der Waals surface area (Å²) in [7, 11) is 0. The van der Waals surface area contributed by atoms with Crippen molar-refractivity contribution in [1.82, 2.24) is 10.6 Å². The quantitative estimate of drug-likeness (QED) is 0.520. The third-order valence-electron chi connectivity index (χ3n) is 5.44. The van der Waals surface area contributed by atoms with Crippen molar-refractivity contribution in [2.45, 2.75) is 31.0 Å². The van der Waals surface area contributed by atoms with Gasteiger partial charge in [-0.2, -0.15) is 0 Å². The van der Waals surface area contributed by atoms with Gasteiger partial charge in [0.1, 0.15) is 6.04 Å². The minimum absolute atomic E-state index is 0.0639. The lowest BCUT2D eigenvalue weighted by atomic mass is 9.75. The molecule has 1 heterocycles. The van der Waals surface area contributed by atoms with E-state index in [1.165, 1.54) is 0 Å². The number of β-lactam (4-membered cyclic amide) rings is 1. The Morgan fingerprint density at radius 3 is 1.52 bits per heavy atom. The first-order valence-electron chi connectivity index (χ1n) is 9.50. The van der Waals surface area contributed by atoms with Crippen LogP contribution >= 0.6 is 0 Å². The summed E-state index contributed by atoms with van der Waals surface area (Å²) in [5.74, 6) is 0.0639. The highest BCUT2D eigenvalue weighted by Gasteiger charge is 2.46. The number of carbonyl (C=O) groups excluding carboxylic acids is 1. The topological polar surface area (TPSA) is 41.1 Å². The molecule has 1 aliphatic heterocycles. The van der Waals surface area contributed by atoms with Crippen molar-refractivity contribution in [2.24, 2.45) is 0 Å². The smallest absolute Gasteiger partial charge is 0.239 e. The van der Waals surface area contributed by atoms with Crippen LogP contribution in [-0.4, -0.2) is 18.0 Å². The largest absolute Gasteiger partial charge is 0.350 e. The van der Waals surface area contributed by atoms with Crippen LogP contribution in [0.15, 0.2) is 91.0 Å². The van der Waals surface area contributed by atoms with Crippen LogP contribution in [0.3, 0.4) is 0 Å². The number of hydrogen-bond donors (Lipinski definition) is 2. The minimum atomic E-state index is -0.598. The second-order valence-corrected chi connectivity index (χ2v) is 6.99. The Morgan fingerprint density at radius 2 is 1.19 bits per heavy atom. The van der Waals surface area contributed by atoms with Gasteiger partial charge in [-0.15, -0.1) is 0 Å². The number of amides is 1. The van der Waals surface area contributed by atoms with E-state index < -0.39 is 5.54 Å². The average molecular weight is 356 g/mol. The Bertz CT molecular complexity index is 797. The molecule has 0 aliphatic carbocycles. The van der Waals surface area contributed by atoms with Gasteiger partial charge in [-0.25, -0.2) is 0 Å². The maximum absolute atomic E-state index is 12.4. The van der Waals surface area contributed by atoms with Gasteiger partial charge in [0.25, 0.3) is 0 Å². The van der Waals surface area contributed by atoms with Crippen molar-refractivity contribution >= 4 is 5.91 Å². The molecule has 0 saturated carbocycles. The van der Waals surface area contributed by atoms with E-state index in [0.29, 0.717) is 0 Å². The summed E-state index contributed by atoms with van der Waals surface area (Å²) >= 11 is 0. The van der Waals surface area contributed by atoms with Crippen molar-refractivity contribution in [3.8, 4) is 0 Å². The first-order chi connectivity index (χ1) is 13.3. The van der Waals surface area contributed by atoms with Gasteiger partial charge >= 0.3 is 0 Å². The minimum Gasteiger partial charge on any atom is -0.350 e. The normalized spacial score (nSPS) is 19.2.